The van der Waals surface area contributed by atoms with E-state index < -0.39 is 10.0 Å². The van der Waals surface area contributed by atoms with Crippen LogP contribution in [0.2, 0.25) is 5.02 Å². The van der Waals surface area contributed by atoms with Crippen molar-refractivity contribution in [3.8, 4) is 0 Å². The molecule has 0 radical (unpaired) electrons. The molecule has 1 atom stereocenters. The molecule has 1 aromatic rings. The van der Waals surface area contributed by atoms with Crippen LogP contribution in [0.15, 0.2) is 23.1 Å². The Balaban J connectivity index is 2.33. The summed E-state index contributed by atoms with van der Waals surface area (Å²) in [4.78, 5) is 0.243. The van der Waals surface area contributed by atoms with Gasteiger partial charge in [-0.15, -0.1) is 0 Å². The van der Waals surface area contributed by atoms with E-state index in [1.54, 1.807) is 13.2 Å². The first-order chi connectivity index (χ1) is 9.36. The van der Waals surface area contributed by atoms with Crippen LogP contribution in [0.5, 0.6) is 0 Å². The van der Waals surface area contributed by atoms with E-state index in [0.29, 0.717) is 25.1 Å². The normalized spacial score (nSPS) is 20.2. The Hall–Kier alpha value is -0.730. The van der Waals surface area contributed by atoms with Crippen LogP contribution >= 0.6 is 23.8 Å². The number of ether oxygens (including phenoxy) is 1. The number of nitrogens with zero attached hydrogens (tertiary/aromatic N) is 1. The molecule has 1 fully saturated rings. The van der Waals surface area contributed by atoms with Crippen LogP contribution < -0.4 is 5.73 Å². The lowest BCUT2D eigenvalue weighted by Crippen LogP contribution is -2.30. The maximum atomic E-state index is 12.5. The van der Waals surface area contributed by atoms with E-state index in [1.165, 1.54) is 16.4 Å². The second kappa shape index (κ2) is 5.95. The van der Waals surface area contributed by atoms with E-state index in [2.05, 4.69) is 0 Å². The van der Waals surface area contributed by atoms with E-state index >= 15 is 0 Å². The molecule has 8 heteroatoms. The van der Waals surface area contributed by atoms with Gasteiger partial charge in [-0.25, -0.2) is 8.42 Å². The SMILES string of the molecule is COC1CCN(S(=O)(=O)c2ccc(C(N)=S)cc2Cl)C1. The van der Waals surface area contributed by atoms with Crippen LogP contribution in [0.25, 0.3) is 0 Å². The average molecular weight is 335 g/mol. The first-order valence-electron chi connectivity index (χ1n) is 5.98. The summed E-state index contributed by atoms with van der Waals surface area (Å²) in [6, 6.07) is 4.47. The molecule has 1 aliphatic rings. The molecule has 2 N–H and O–H groups in total. The largest absolute Gasteiger partial charge is 0.389 e. The van der Waals surface area contributed by atoms with Crippen LogP contribution in [-0.2, 0) is 14.8 Å². The van der Waals surface area contributed by atoms with E-state index in [-0.39, 0.29) is 21.0 Å². The van der Waals surface area contributed by atoms with E-state index in [0.717, 1.165) is 0 Å². The van der Waals surface area contributed by atoms with Crippen molar-refractivity contribution in [3.63, 3.8) is 0 Å². The van der Waals surface area contributed by atoms with Crippen LogP contribution in [0, 0.1) is 0 Å². The molecular weight excluding hydrogens is 320 g/mol. The lowest BCUT2D eigenvalue weighted by atomic mass is 10.2. The third-order valence-electron chi connectivity index (χ3n) is 3.28. The molecule has 0 amide bonds. The second-order valence-corrected chi connectivity index (χ2v) is 7.27. The topological polar surface area (TPSA) is 72.6 Å². The van der Waals surface area contributed by atoms with Crippen molar-refractivity contribution in [3.05, 3.63) is 28.8 Å². The standard InChI is InChI=1S/C12H15ClN2O3S2/c1-18-9-4-5-15(7-9)20(16,17)11-3-2-8(12(14)19)6-10(11)13/h2-3,6,9H,4-5,7H2,1H3,(H2,14,19). The first-order valence-corrected chi connectivity index (χ1v) is 8.21. The Labute approximate surface area is 128 Å². The molecule has 0 aromatic heterocycles. The van der Waals surface area contributed by atoms with Crippen LogP contribution in [-0.4, -0.2) is 44.0 Å². The number of halogens is 1. The molecule has 1 saturated heterocycles. The van der Waals surface area contributed by atoms with Gasteiger partial charge in [-0.05, 0) is 18.6 Å². The summed E-state index contributed by atoms with van der Waals surface area (Å²) in [6.45, 7) is 0.764. The first kappa shape index (κ1) is 15.7. The lowest BCUT2D eigenvalue weighted by Gasteiger charge is -2.17. The van der Waals surface area contributed by atoms with Gasteiger partial charge >= 0.3 is 0 Å². The van der Waals surface area contributed by atoms with Gasteiger partial charge in [0.25, 0.3) is 0 Å². The molecule has 1 aromatic carbocycles. The van der Waals surface area contributed by atoms with Crippen LogP contribution in [0.4, 0.5) is 0 Å². The third-order valence-corrected chi connectivity index (χ3v) is 5.86. The molecule has 1 heterocycles. The molecule has 110 valence electrons. The Morgan fingerprint density at radius 1 is 1.55 bits per heavy atom. The third kappa shape index (κ3) is 2.96. The van der Waals surface area contributed by atoms with Crippen molar-refractivity contribution in [1.82, 2.24) is 4.31 Å². The molecule has 2 rings (SSSR count). The number of benzene rings is 1. The average Bonchev–Trinajstić information content (AvgIpc) is 2.87. The Morgan fingerprint density at radius 3 is 2.75 bits per heavy atom. The fourth-order valence-corrected chi connectivity index (χ4v) is 4.24. The zero-order valence-corrected chi connectivity index (χ0v) is 13.3. The van der Waals surface area contributed by atoms with Crippen LogP contribution in [0.1, 0.15) is 12.0 Å². The highest BCUT2D eigenvalue weighted by Crippen LogP contribution is 2.28. The quantitative estimate of drug-likeness (QED) is 0.842. The summed E-state index contributed by atoms with van der Waals surface area (Å²) in [6.07, 6.45) is 0.609. The minimum Gasteiger partial charge on any atom is -0.389 e. The summed E-state index contributed by atoms with van der Waals surface area (Å²) in [7, 11) is -2.04. The van der Waals surface area contributed by atoms with Crippen molar-refractivity contribution in [2.75, 3.05) is 20.2 Å². The number of nitrogens with two attached hydrogens (primary N) is 1. The number of hydrogen-bond acceptors (Lipinski definition) is 4. The monoisotopic (exact) mass is 334 g/mol. The maximum absolute atomic E-state index is 12.5. The molecule has 1 unspecified atom stereocenters. The van der Waals surface area contributed by atoms with Gasteiger partial charge in [0.2, 0.25) is 10.0 Å². The zero-order valence-electron chi connectivity index (χ0n) is 10.9. The maximum Gasteiger partial charge on any atom is 0.244 e. The predicted octanol–water partition coefficient (Wildman–Crippen LogP) is 1.38. The van der Waals surface area contributed by atoms with Crippen molar-refractivity contribution < 1.29 is 13.2 Å². The zero-order chi connectivity index (χ0) is 14.9. The van der Waals surface area contributed by atoms with Gasteiger partial charge < -0.3 is 10.5 Å². The minimum absolute atomic E-state index is 0.0657. The fourth-order valence-electron chi connectivity index (χ4n) is 2.11. The van der Waals surface area contributed by atoms with E-state index in [1.807, 2.05) is 0 Å². The van der Waals surface area contributed by atoms with Gasteiger partial charge in [-0.1, -0.05) is 29.9 Å². The van der Waals surface area contributed by atoms with Gasteiger partial charge in [0, 0.05) is 25.8 Å². The van der Waals surface area contributed by atoms with Crippen molar-refractivity contribution in [2.45, 2.75) is 17.4 Å². The van der Waals surface area contributed by atoms with Crippen molar-refractivity contribution >= 4 is 38.8 Å². The molecule has 0 aliphatic carbocycles. The summed E-state index contributed by atoms with van der Waals surface area (Å²) < 4.78 is 31.6. The minimum atomic E-state index is -3.62. The number of thiocarbonyl (C=S) groups is 1. The van der Waals surface area contributed by atoms with Crippen molar-refractivity contribution in [1.29, 1.82) is 0 Å². The molecule has 1 aliphatic heterocycles. The number of hydrogen-bond donors (Lipinski definition) is 1. The Bertz CT molecular complexity index is 634. The number of methoxy groups -OCH3 is 1. The molecule has 5 nitrogen and oxygen atoms in total. The van der Waals surface area contributed by atoms with Crippen molar-refractivity contribution in [2.24, 2.45) is 5.73 Å². The van der Waals surface area contributed by atoms with Gasteiger partial charge in [-0.2, -0.15) is 4.31 Å². The summed E-state index contributed by atoms with van der Waals surface area (Å²) >= 11 is 10.9. The highest BCUT2D eigenvalue weighted by Gasteiger charge is 2.33. The van der Waals surface area contributed by atoms with Crippen LogP contribution in [0.3, 0.4) is 0 Å². The van der Waals surface area contributed by atoms with Gasteiger partial charge in [-0.3, -0.25) is 0 Å². The fraction of sp³-hybridized carbons (Fsp3) is 0.417. The van der Waals surface area contributed by atoms with E-state index in [4.69, 9.17) is 34.3 Å². The summed E-state index contributed by atoms with van der Waals surface area (Å²) in [5.41, 5.74) is 6.04. The highest BCUT2D eigenvalue weighted by molar-refractivity contribution is 7.89. The lowest BCUT2D eigenvalue weighted by molar-refractivity contribution is 0.115. The molecule has 0 saturated carbocycles. The van der Waals surface area contributed by atoms with Gasteiger partial charge in [0.05, 0.1) is 11.1 Å². The van der Waals surface area contributed by atoms with Gasteiger partial charge in [0.15, 0.2) is 0 Å². The van der Waals surface area contributed by atoms with E-state index in [9.17, 15) is 8.42 Å². The predicted molar refractivity (Wildman–Crippen MR) is 81.5 cm³/mol. The Kier molecular flexibility index (Phi) is 4.66. The highest BCUT2D eigenvalue weighted by atomic mass is 35.5. The molecule has 0 spiro atoms. The molecular formula is C12H15ClN2O3S2. The number of rotatable bonds is 4. The number of sulfonamides is 1. The summed E-state index contributed by atoms with van der Waals surface area (Å²) in [5.74, 6) is 0. The smallest absolute Gasteiger partial charge is 0.244 e. The Morgan fingerprint density at radius 2 is 2.25 bits per heavy atom. The molecule has 0 bridgehead atoms. The molecule has 20 heavy (non-hydrogen) atoms. The second-order valence-electron chi connectivity index (χ2n) is 4.52. The van der Waals surface area contributed by atoms with Gasteiger partial charge in [0.1, 0.15) is 9.88 Å². The summed E-state index contributed by atoms with van der Waals surface area (Å²) in [5, 5.41) is 0.121.